The number of aryl methyl sites for hydroxylation is 2. The summed E-state index contributed by atoms with van der Waals surface area (Å²) in [5, 5.41) is 4.61. The summed E-state index contributed by atoms with van der Waals surface area (Å²) in [6.07, 6.45) is 4.07. The molecule has 1 atom stereocenters. The molecule has 0 N–H and O–H groups in total. The predicted molar refractivity (Wildman–Crippen MR) is 114 cm³/mol. The number of rotatable bonds is 3. The highest BCUT2D eigenvalue weighted by Gasteiger charge is 2.25. The van der Waals surface area contributed by atoms with Gasteiger partial charge in [0.25, 0.3) is 6.01 Å². The summed E-state index contributed by atoms with van der Waals surface area (Å²) in [6.45, 7) is 5.59. The van der Waals surface area contributed by atoms with E-state index in [1.54, 1.807) is 4.52 Å². The van der Waals surface area contributed by atoms with Crippen LogP contribution < -0.4 is 4.90 Å². The number of benzene rings is 1. The molecule has 0 aliphatic carbocycles. The maximum atomic E-state index is 14.9. The molecule has 8 heteroatoms. The number of halogens is 1. The fraction of sp³-hybridized carbons (Fsp3) is 0.409. The number of nitrogens with zero attached hydrogens (tertiary/aromatic N) is 6. The quantitative estimate of drug-likeness (QED) is 0.514. The number of oxazole rings is 1. The number of hydrogen-bond acceptors (Lipinski definition) is 6. The Morgan fingerprint density at radius 1 is 1.17 bits per heavy atom. The van der Waals surface area contributed by atoms with Gasteiger partial charge in [-0.1, -0.05) is 0 Å². The zero-order valence-corrected chi connectivity index (χ0v) is 17.7. The van der Waals surface area contributed by atoms with E-state index in [9.17, 15) is 4.39 Å². The minimum absolute atomic E-state index is 0.261. The Kier molecular flexibility index (Phi) is 4.47. The van der Waals surface area contributed by atoms with Crippen molar-refractivity contribution in [3.63, 3.8) is 0 Å². The van der Waals surface area contributed by atoms with Crippen molar-refractivity contribution in [1.29, 1.82) is 0 Å². The van der Waals surface area contributed by atoms with Crippen LogP contribution in [0, 0.1) is 19.7 Å². The van der Waals surface area contributed by atoms with Crippen LogP contribution in [0.1, 0.15) is 24.1 Å². The van der Waals surface area contributed by atoms with Gasteiger partial charge in [-0.2, -0.15) is 10.1 Å². The van der Waals surface area contributed by atoms with Gasteiger partial charge < -0.3 is 14.2 Å². The molecule has 1 fully saturated rings. The van der Waals surface area contributed by atoms with Gasteiger partial charge in [0.05, 0.1) is 17.6 Å². The Labute approximate surface area is 174 Å². The Morgan fingerprint density at radius 2 is 2.00 bits per heavy atom. The van der Waals surface area contributed by atoms with Crippen LogP contribution in [0.15, 0.2) is 28.8 Å². The number of piperidine rings is 1. The van der Waals surface area contributed by atoms with Crippen molar-refractivity contribution in [3.05, 3.63) is 41.5 Å². The highest BCUT2D eigenvalue weighted by molar-refractivity contribution is 5.81. The molecule has 30 heavy (non-hydrogen) atoms. The lowest BCUT2D eigenvalue weighted by atomic mass is 10.1. The lowest BCUT2D eigenvalue weighted by molar-refractivity contribution is 0.254. The molecule has 0 spiro atoms. The van der Waals surface area contributed by atoms with Crippen LogP contribution in [0.3, 0.4) is 0 Å². The SMILES string of the molecule is Cc1cn2nc(-c3cc(F)c4nc(N5CCCC(N(C)C)C5)oc4c3)cc(C)c2n1. The van der Waals surface area contributed by atoms with Crippen LogP contribution in [-0.4, -0.2) is 57.7 Å². The van der Waals surface area contributed by atoms with Gasteiger partial charge >= 0.3 is 0 Å². The van der Waals surface area contributed by atoms with E-state index in [1.807, 2.05) is 32.2 Å². The molecule has 1 aromatic carbocycles. The van der Waals surface area contributed by atoms with Gasteiger partial charge in [0.1, 0.15) is 5.52 Å². The summed E-state index contributed by atoms with van der Waals surface area (Å²) < 4.78 is 22.7. The smallest absolute Gasteiger partial charge is 0.298 e. The van der Waals surface area contributed by atoms with E-state index >= 15 is 0 Å². The first-order valence-electron chi connectivity index (χ1n) is 10.2. The molecule has 0 saturated carbocycles. The standard InChI is InChI=1S/C22H25FN6O/c1-13-8-18(26-29-11-14(2)24-21(13)29)15-9-17(23)20-19(10-15)30-22(25-20)28-7-5-6-16(12-28)27(3)4/h8-11,16H,5-7,12H2,1-4H3. The highest BCUT2D eigenvalue weighted by atomic mass is 19.1. The van der Waals surface area contributed by atoms with E-state index in [4.69, 9.17) is 4.42 Å². The second-order valence-electron chi connectivity index (χ2n) is 8.37. The van der Waals surface area contributed by atoms with Gasteiger partial charge in [-0.25, -0.2) is 13.9 Å². The second-order valence-corrected chi connectivity index (χ2v) is 8.37. The van der Waals surface area contributed by atoms with Gasteiger partial charge in [-0.05, 0) is 64.5 Å². The molecule has 4 heterocycles. The molecule has 4 aromatic rings. The summed E-state index contributed by atoms with van der Waals surface area (Å²) in [5.74, 6) is -0.403. The number of anilines is 1. The molecule has 3 aromatic heterocycles. The van der Waals surface area contributed by atoms with E-state index < -0.39 is 5.82 Å². The third-order valence-corrected chi connectivity index (χ3v) is 5.86. The largest absolute Gasteiger partial charge is 0.423 e. The van der Waals surface area contributed by atoms with E-state index in [-0.39, 0.29) is 5.52 Å². The zero-order chi connectivity index (χ0) is 21.0. The van der Waals surface area contributed by atoms with Crippen molar-refractivity contribution >= 4 is 22.8 Å². The third kappa shape index (κ3) is 3.21. The third-order valence-electron chi connectivity index (χ3n) is 5.86. The summed E-state index contributed by atoms with van der Waals surface area (Å²) in [4.78, 5) is 13.3. The van der Waals surface area contributed by atoms with Crippen LogP contribution in [0.2, 0.25) is 0 Å². The molecule has 0 bridgehead atoms. The average Bonchev–Trinajstić information content (AvgIpc) is 3.31. The maximum Gasteiger partial charge on any atom is 0.298 e. The van der Waals surface area contributed by atoms with Gasteiger partial charge in [0.2, 0.25) is 0 Å². The first-order valence-corrected chi connectivity index (χ1v) is 10.2. The van der Waals surface area contributed by atoms with Crippen molar-refractivity contribution in [3.8, 4) is 11.3 Å². The Morgan fingerprint density at radius 3 is 2.80 bits per heavy atom. The number of hydrogen-bond donors (Lipinski definition) is 0. The first kappa shape index (κ1) is 19.0. The van der Waals surface area contributed by atoms with Crippen molar-refractivity contribution < 1.29 is 8.81 Å². The van der Waals surface area contributed by atoms with Crippen molar-refractivity contribution in [2.75, 3.05) is 32.1 Å². The van der Waals surface area contributed by atoms with Crippen LogP contribution >= 0.6 is 0 Å². The zero-order valence-electron chi connectivity index (χ0n) is 17.7. The predicted octanol–water partition coefficient (Wildman–Crippen LogP) is 3.82. The molecule has 156 valence electrons. The van der Waals surface area contributed by atoms with E-state index in [2.05, 4.69) is 39.0 Å². The normalized spacial score (nSPS) is 17.5. The van der Waals surface area contributed by atoms with E-state index in [0.717, 1.165) is 42.8 Å². The highest BCUT2D eigenvalue weighted by Crippen LogP contribution is 2.31. The van der Waals surface area contributed by atoms with Crippen LogP contribution in [0.4, 0.5) is 10.4 Å². The lowest BCUT2D eigenvalue weighted by Gasteiger charge is -2.35. The minimum atomic E-state index is -0.403. The molecule has 1 aliphatic rings. The minimum Gasteiger partial charge on any atom is -0.423 e. The molecule has 0 radical (unpaired) electrons. The molecular weight excluding hydrogens is 383 g/mol. The molecule has 0 amide bonds. The lowest BCUT2D eigenvalue weighted by Crippen LogP contribution is -2.45. The summed E-state index contributed by atoms with van der Waals surface area (Å²) >= 11 is 0. The van der Waals surface area contributed by atoms with Gasteiger partial charge in [0.15, 0.2) is 17.0 Å². The molecular formula is C22H25FN6O. The Bertz CT molecular complexity index is 1240. The van der Waals surface area contributed by atoms with Crippen LogP contribution in [-0.2, 0) is 0 Å². The second kappa shape index (κ2) is 7.05. The molecule has 1 unspecified atom stereocenters. The summed E-state index contributed by atoms with van der Waals surface area (Å²) in [6, 6.07) is 6.14. The fourth-order valence-electron chi connectivity index (χ4n) is 4.20. The maximum absolute atomic E-state index is 14.9. The Hall–Kier alpha value is -3.00. The number of fused-ring (bicyclic) bond motifs is 2. The van der Waals surface area contributed by atoms with Gasteiger partial charge in [0, 0.05) is 24.7 Å². The van der Waals surface area contributed by atoms with E-state index in [1.165, 1.54) is 6.07 Å². The topological polar surface area (TPSA) is 62.7 Å². The van der Waals surface area contributed by atoms with Crippen molar-refractivity contribution in [1.82, 2.24) is 24.5 Å². The molecule has 1 saturated heterocycles. The monoisotopic (exact) mass is 408 g/mol. The first-order chi connectivity index (χ1) is 14.4. The van der Waals surface area contributed by atoms with Crippen molar-refractivity contribution in [2.24, 2.45) is 0 Å². The molecule has 7 nitrogen and oxygen atoms in total. The van der Waals surface area contributed by atoms with Crippen LogP contribution in [0.5, 0.6) is 0 Å². The summed E-state index contributed by atoms with van der Waals surface area (Å²) in [7, 11) is 4.17. The number of likely N-dealkylation sites (N-methyl/N-ethyl adjacent to an activating group) is 1. The average molecular weight is 408 g/mol. The molecule has 1 aliphatic heterocycles. The van der Waals surface area contributed by atoms with Gasteiger partial charge in [-0.15, -0.1) is 0 Å². The number of imidazole rings is 1. The summed E-state index contributed by atoms with van der Waals surface area (Å²) in [5.41, 5.74) is 4.70. The fourth-order valence-corrected chi connectivity index (χ4v) is 4.20. The number of aromatic nitrogens is 4. The Balaban J connectivity index is 1.54. The molecule has 5 rings (SSSR count). The van der Waals surface area contributed by atoms with Crippen LogP contribution in [0.25, 0.3) is 28.0 Å². The van der Waals surface area contributed by atoms with Gasteiger partial charge in [-0.3, -0.25) is 0 Å². The van der Waals surface area contributed by atoms with E-state index in [0.29, 0.717) is 28.9 Å². The van der Waals surface area contributed by atoms with Crippen molar-refractivity contribution in [2.45, 2.75) is 32.7 Å².